The van der Waals surface area contributed by atoms with Crippen LogP contribution >= 0.6 is 0 Å². The molecular formula is C18H16O4. The minimum atomic E-state index is -0.588. The molecule has 0 N–H and O–H groups in total. The van der Waals surface area contributed by atoms with E-state index in [1.54, 1.807) is 48.5 Å². The Morgan fingerprint density at radius 2 is 0.955 bits per heavy atom. The molecule has 0 fully saturated rings. The van der Waals surface area contributed by atoms with Crippen molar-refractivity contribution in [1.29, 1.82) is 0 Å². The summed E-state index contributed by atoms with van der Waals surface area (Å²) in [6.07, 6.45) is 0. The van der Waals surface area contributed by atoms with Gasteiger partial charge in [-0.2, -0.15) is 0 Å². The molecule has 4 nitrogen and oxygen atoms in total. The normalized spacial score (nSPS) is 11.4. The van der Waals surface area contributed by atoms with Crippen LogP contribution in [0.15, 0.2) is 60.7 Å². The van der Waals surface area contributed by atoms with Gasteiger partial charge in [-0.25, -0.2) is 9.59 Å². The second kappa shape index (κ2) is 7.22. The van der Waals surface area contributed by atoms with E-state index in [-0.39, 0.29) is 11.1 Å². The highest BCUT2D eigenvalue weighted by molar-refractivity contribution is 6.37. The fraction of sp³-hybridized carbons (Fsp3) is 0.111. The Morgan fingerprint density at radius 3 is 1.23 bits per heavy atom. The largest absolute Gasteiger partial charge is 0.465 e. The van der Waals surface area contributed by atoms with Crippen molar-refractivity contribution in [2.75, 3.05) is 14.2 Å². The maximum atomic E-state index is 12.3. The molecule has 22 heavy (non-hydrogen) atoms. The monoisotopic (exact) mass is 296 g/mol. The van der Waals surface area contributed by atoms with Crippen LogP contribution in [0, 0.1) is 0 Å². The molecule has 0 spiro atoms. The standard InChI is InChI=1S/C18H16O4/c1-21-17(19)15(13-9-5-3-6-10-13)16(18(20)22-2)14-11-7-4-8-12-14/h3-12H,1-2H3/b16-15-. The molecule has 0 bridgehead atoms. The van der Waals surface area contributed by atoms with Crippen LogP contribution in [0.2, 0.25) is 0 Å². The third-order valence-electron chi connectivity index (χ3n) is 3.15. The summed E-state index contributed by atoms with van der Waals surface area (Å²) in [7, 11) is 2.57. The zero-order chi connectivity index (χ0) is 15.9. The van der Waals surface area contributed by atoms with Crippen molar-refractivity contribution in [3.05, 3.63) is 71.8 Å². The number of rotatable bonds is 4. The average Bonchev–Trinajstić information content (AvgIpc) is 2.59. The fourth-order valence-electron chi connectivity index (χ4n) is 2.14. The molecule has 2 aromatic carbocycles. The Bertz CT molecular complexity index is 626. The van der Waals surface area contributed by atoms with Crippen LogP contribution in [0.3, 0.4) is 0 Å². The van der Waals surface area contributed by atoms with Gasteiger partial charge in [-0.05, 0) is 11.1 Å². The summed E-state index contributed by atoms with van der Waals surface area (Å²) in [6.45, 7) is 0. The van der Waals surface area contributed by atoms with Gasteiger partial charge in [-0.1, -0.05) is 60.7 Å². The minimum Gasteiger partial charge on any atom is -0.465 e. The third kappa shape index (κ3) is 3.23. The van der Waals surface area contributed by atoms with Gasteiger partial charge < -0.3 is 9.47 Å². The molecule has 0 aromatic heterocycles. The van der Waals surface area contributed by atoms with Gasteiger partial charge in [0.2, 0.25) is 0 Å². The first kappa shape index (κ1) is 15.5. The van der Waals surface area contributed by atoms with Crippen molar-refractivity contribution < 1.29 is 19.1 Å². The van der Waals surface area contributed by atoms with E-state index in [2.05, 4.69) is 0 Å². The molecule has 0 saturated carbocycles. The van der Waals surface area contributed by atoms with Crippen LogP contribution in [0.5, 0.6) is 0 Å². The van der Waals surface area contributed by atoms with E-state index in [1.807, 2.05) is 12.1 Å². The molecular weight excluding hydrogens is 280 g/mol. The van der Waals surface area contributed by atoms with E-state index < -0.39 is 11.9 Å². The zero-order valence-electron chi connectivity index (χ0n) is 12.4. The van der Waals surface area contributed by atoms with Crippen LogP contribution in [0.4, 0.5) is 0 Å². The number of ether oxygens (including phenoxy) is 2. The van der Waals surface area contributed by atoms with E-state index in [1.165, 1.54) is 14.2 Å². The lowest BCUT2D eigenvalue weighted by molar-refractivity contribution is -0.135. The minimum absolute atomic E-state index is 0.182. The Hall–Kier alpha value is -2.88. The van der Waals surface area contributed by atoms with Gasteiger partial charge in [0.1, 0.15) is 0 Å². The number of benzene rings is 2. The quantitative estimate of drug-likeness (QED) is 0.494. The summed E-state index contributed by atoms with van der Waals surface area (Å²) in [5.74, 6) is -1.18. The van der Waals surface area contributed by atoms with Crippen molar-refractivity contribution in [3.8, 4) is 0 Å². The first-order valence-electron chi connectivity index (χ1n) is 6.70. The molecule has 0 unspecified atom stereocenters. The Labute approximate surface area is 129 Å². The number of hydrogen-bond donors (Lipinski definition) is 0. The van der Waals surface area contributed by atoms with E-state index in [9.17, 15) is 9.59 Å². The summed E-state index contributed by atoms with van der Waals surface area (Å²) >= 11 is 0. The van der Waals surface area contributed by atoms with Gasteiger partial charge in [0.05, 0.1) is 25.4 Å². The van der Waals surface area contributed by atoms with Crippen LogP contribution in [0.1, 0.15) is 11.1 Å². The highest BCUT2D eigenvalue weighted by Crippen LogP contribution is 2.28. The predicted octanol–water partition coefficient (Wildman–Crippen LogP) is 2.94. The van der Waals surface area contributed by atoms with E-state index in [4.69, 9.17) is 9.47 Å². The first-order chi connectivity index (χ1) is 10.7. The number of hydrogen-bond acceptors (Lipinski definition) is 4. The van der Waals surface area contributed by atoms with Crippen molar-refractivity contribution in [3.63, 3.8) is 0 Å². The van der Waals surface area contributed by atoms with E-state index in [0.717, 1.165) is 0 Å². The molecule has 0 aliphatic carbocycles. The van der Waals surface area contributed by atoms with Gasteiger partial charge in [0.25, 0.3) is 0 Å². The highest BCUT2D eigenvalue weighted by atomic mass is 16.5. The number of esters is 2. The SMILES string of the molecule is COC(=O)/C(=C(\C(=O)OC)c1ccccc1)c1ccccc1. The van der Waals surface area contributed by atoms with Crippen molar-refractivity contribution >= 4 is 23.1 Å². The summed E-state index contributed by atoms with van der Waals surface area (Å²) in [4.78, 5) is 24.5. The zero-order valence-corrected chi connectivity index (χ0v) is 12.4. The lowest BCUT2D eigenvalue weighted by Gasteiger charge is -2.13. The Balaban J connectivity index is 2.76. The third-order valence-corrected chi connectivity index (χ3v) is 3.15. The molecule has 0 radical (unpaired) electrons. The Morgan fingerprint density at radius 1 is 0.636 bits per heavy atom. The van der Waals surface area contributed by atoms with Crippen molar-refractivity contribution in [2.24, 2.45) is 0 Å². The molecule has 0 aliphatic rings. The van der Waals surface area contributed by atoms with Crippen molar-refractivity contribution in [2.45, 2.75) is 0 Å². The molecule has 4 heteroatoms. The van der Waals surface area contributed by atoms with Crippen LogP contribution in [-0.2, 0) is 19.1 Å². The summed E-state index contributed by atoms with van der Waals surface area (Å²) in [6, 6.07) is 17.8. The van der Waals surface area contributed by atoms with E-state index in [0.29, 0.717) is 11.1 Å². The van der Waals surface area contributed by atoms with Gasteiger partial charge in [0, 0.05) is 0 Å². The Kier molecular flexibility index (Phi) is 5.09. The van der Waals surface area contributed by atoms with Crippen LogP contribution in [-0.4, -0.2) is 26.2 Å². The fourth-order valence-corrected chi connectivity index (χ4v) is 2.14. The van der Waals surface area contributed by atoms with Gasteiger partial charge in [-0.15, -0.1) is 0 Å². The van der Waals surface area contributed by atoms with Crippen molar-refractivity contribution in [1.82, 2.24) is 0 Å². The molecule has 2 rings (SSSR count). The second-order valence-corrected chi connectivity index (χ2v) is 4.47. The first-order valence-corrected chi connectivity index (χ1v) is 6.70. The molecule has 0 heterocycles. The highest BCUT2D eigenvalue weighted by Gasteiger charge is 2.25. The van der Waals surface area contributed by atoms with Crippen LogP contribution < -0.4 is 0 Å². The maximum Gasteiger partial charge on any atom is 0.339 e. The van der Waals surface area contributed by atoms with Gasteiger partial charge in [-0.3, -0.25) is 0 Å². The topological polar surface area (TPSA) is 52.6 Å². The average molecular weight is 296 g/mol. The molecule has 0 atom stereocenters. The number of carbonyl (C=O) groups excluding carboxylic acids is 2. The smallest absolute Gasteiger partial charge is 0.339 e. The summed E-state index contributed by atoms with van der Waals surface area (Å²) in [5.41, 5.74) is 1.56. The second-order valence-electron chi connectivity index (χ2n) is 4.47. The summed E-state index contributed by atoms with van der Waals surface area (Å²) < 4.78 is 9.72. The van der Waals surface area contributed by atoms with Gasteiger partial charge in [0.15, 0.2) is 0 Å². The molecule has 112 valence electrons. The van der Waals surface area contributed by atoms with Gasteiger partial charge >= 0.3 is 11.9 Å². The molecule has 0 aliphatic heterocycles. The van der Waals surface area contributed by atoms with Crippen LogP contribution in [0.25, 0.3) is 11.1 Å². The maximum absolute atomic E-state index is 12.3. The molecule has 0 amide bonds. The van der Waals surface area contributed by atoms with E-state index >= 15 is 0 Å². The lowest BCUT2D eigenvalue weighted by Crippen LogP contribution is -2.13. The predicted molar refractivity (Wildman–Crippen MR) is 83.7 cm³/mol. The summed E-state index contributed by atoms with van der Waals surface area (Å²) in [5, 5.41) is 0. The number of carbonyl (C=O) groups is 2. The molecule has 2 aromatic rings. The lowest BCUT2D eigenvalue weighted by atomic mass is 9.94. The molecule has 0 saturated heterocycles. The number of methoxy groups -OCH3 is 2.